The van der Waals surface area contributed by atoms with Crippen LogP contribution in [-0.4, -0.2) is 57.1 Å². The second kappa shape index (κ2) is 11.9. The van der Waals surface area contributed by atoms with Gasteiger partial charge >= 0.3 is 0 Å². The molecule has 0 radical (unpaired) electrons. The van der Waals surface area contributed by atoms with E-state index in [0.29, 0.717) is 5.75 Å². The Morgan fingerprint density at radius 1 is 1.19 bits per heavy atom. The summed E-state index contributed by atoms with van der Waals surface area (Å²) >= 11 is 6.18. The Morgan fingerprint density at radius 2 is 1.86 bits per heavy atom. The predicted octanol–water partition coefficient (Wildman–Crippen LogP) is 3.73. The van der Waals surface area contributed by atoms with Crippen molar-refractivity contribution in [2.45, 2.75) is 51.2 Å². The Hall–Kier alpha value is -2.85. The van der Waals surface area contributed by atoms with Gasteiger partial charge in [-0.3, -0.25) is 13.9 Å². The fourth-order valence-electron chi connectivity index (χ4n) is 4.21. The van der Waals surface area contributed by atoms with E-state index in [4.69, 9.17) is 16.3 Å². The number of carbonyl (C=O) groups is 2. The number of halogens is 2. The molecule has 1 atom stereocenters. The fourth-order valence-corrected chi connectivity index (χ4v) is 5.30. The van der Waals surface area contributed by atoms with Crippen molar-refractivity contribution >= 4 is 39.1 Å². The number of nitrogens with zero attached hydrogens (tertiary/aromatic N) is 2. The highest BCUT2D eigenvalue weighted by molar-refractivity contribution is 7.92. The molecule has 0 aliphatic heterocycles. The van der Waals surface area contributed by atoms with Crippen LogP contribution >= 0.6 is 11.6 Å². The molecule has 1 aliphatic rings. The molecule has 0 heterocycles. The van der Waals surface area contributed by atoms with E-state index < -0.39 is 34.3 Å². The van der Waals surface area contributed by atoms with Crippen molar-refractivity contribution in [2.24, 2.45) is 0 Å². The lowest BCUT2D eigenvalue weighted by atomic mass is 10.1. The number of nitrogens with one attached hydrogen (secondary N) is 1. The van der Waals surface area contributed by atoms with Crippen molar-refractivity contribution in [3.8, 4) is 5.75 Å². The number of rotatable bonds is 10. The molecular formula is C25H31ClFN3O5S. The quantitative estimate of drug-likeness (QED) is 0.496. The Balaban J connectivity index is 1.91. The summed E-state index contributed by atoms with van der Waals surface area (Å²) in [6, 6.07) is 9.36. The van der Waals surface area contributed by atoms with Gasteiger partial charge < -0.3 is 15.0 Å². The molecule has 2 aromatic carbocycles. The van der Waals surface area contributed by atoms with Crippen molar-refractivity contribution in [3.05, 3.63) is 58.9 Å². The van der Waals surface area contributed by atoms with E-state index in [2.05, 4.69) is 5.32 Å². The number of hydrogen-bond donors (Lipinski definition) is 1. The maximum absolute atomic E-state index is 14.5. The molecule has 0 bridgehead atoms. The largest absolute Gasteiger partial charge is 0.495 e. The summed E-state index contributed by atoms with van der Waals surface area (Å²) in [6.45, 7) is 0.751. The molecule has 1 unspecified atom stereocenters. The van der Waals surface area contributed by atoms with Crippen molar-refractivity contribution in [1.29, 1.82) is 0 Å². The van der Waals surface area contributed by atoms with Gasteiger partial charge in [-0.05, 0) is 44.0 Å². The number of methoxy groups -OCH3 is 1. The van der Waals surface area contributed by atoms with Crippen LogP contribution in [0.2, 0.25) is 5.02 Å². The summed E-state index contributed by atoms with van der Waals surface area (Å²) in [5.74, 6) is -1.21. The zero-order valence-corrected chi connectivity index (χ0v) is 22.1. The molecule has 196 valence electrons. The van der Waals surface area contributed by atoms with Crippen LogP contribution in [0.5, 0.6) is 5.75 Å². The van der Waals surface area contributed by atoms with Crippen LogP contribution in [0.4, 0.5) is 10.1 Å². The second-order valence-electron chi connectivity index (χ2n) is 8.87. The summed E-state index contributed by atoms with van der Waals surface area (Å²) < 4.78 is 45.8. The second-order valence-corrected chi connectivity index (χ2v) is 11.2. The van der Waals surface area contributed by atoms with Crippen LogP contribution in [0, 0.1) is 5.82 Å². The predicted molar refractivity (Wildman–Crippen MR) is 137 cm³/mol. The van der Waals surface area contributed by atoms with Gasteiger partial charge in [0.05, 0.1) is 24.1 Å². The number of carbonyl (C=O) groups excluding carboxylic acids is 2. The van der Waals surface area contributed by atoms with Gasteiger partial charge in [0.1, 0.15) is 24.2 Å². The molecule has 0 saturated heterocycles. The van der Waals surface area contributed by atoms with Crippen LogP contribution in [-0.2, 0) is 26.2 Å². The maximum atomic E-state index is 14.5. The topological polar surface area (TPSA) is 96.0 Å². The van der Waals surface area contributed by atoms with Crippen molar-refractivity contribution in [3.63, 3.8) is 0 Å². The van der Waals surface area contributed by atoms with E-state index in [1.54, 1.807) is 13.0 Å². The molecule has 1 aliphatic carbocycles. The Labute approximate surface area is 216 Å². The number of ether oxygens (including phenoxy) is 1. The van der Waals surface area contributed by atoms with Gasteiger partial charge in [-0.1, -0.05) is 42.6 Å². The zero-order chi connectivity index (χ0) is 26.5. The minimum atomic E-state index is -3.92. The summed E-state index contributed by atoms with van der Waals surface area (Å²) in [6.07, 6.45) is 4.73. The van der Waals surface area contributed by atoms with Crippen LogP contribution in [0.1, 0.15) is 38.2 Å². The third-order valence-corrected chi connectivity index (χ3v) is 7.71. The summed E-state index contributed by atoms with van der Waals surface area (Å²) in [5, 5.41) is 3.13. The molecule has 1 N–H and O–H groups in total. The first-order valence-electron chi connectivity index (χ1n) is 11.7. The average Bonchev–Trinajstić information content (AvgIpc) is 3.33. The number of sulfonamides is 1. The van der Waals surface area contributed by atoms with Crippen molar-refractivity contribution in [1.82, 2.24) is 10.2 Å². The highest BCUT2D eigenvalue weighted by Crippen LogP contribution is 2.30. The Kier molecular flexibility index (Phi) is 9.19. The monoisotopic (exact) mass is 539 g/mol. The summed E-state index contributed by atoms with van der Waals surface area (Å²) in [4.78, 5) is 27.8. The number of anilines is 1. The van der Waals surface area contributed by atoms with Crippen LogP contribution in [0.25, 0.3) is 0 Å². The first kappa shape index (κ1) is 27.7. The van der Waals surface area contributed by atoms with E-state index in [1.165, 1.54) is 48.4 Å². The number of hydrogen-bond acceptors (Lipinski definition) is 5. The first-order valence-corrected chi connectivity index (χ1v) is 13.9. The van der Waals surface area contributed by atoms with Gasteiger partial charge in [-0.2, -0.15) is 0 Å². The standard InChI is InChI=1S/C25H31ClFN3O5S/c1-17(25(32)28-19-9-5-6-10-19)29(15-18-8-4-7-11-22(18)27)24(31)16-30(36(3,33)34)20-12-13-23(35-2)21(26)14-20/h4,7-8,11-14,17,19H,5-6,9-10,15-16H2,1-3H3,(H,28,32). The van der Waals surface area contributed by atoms with Gasteiger partial charge in [-0.15, -0.1) is 0 Å². The van der Waals surface area contributed by atoms with Gasteiger partial charge in [0.2, 0.25) is 21.8 Å². The van der Waals surface area contributed by atoms with E-state index in [-0.39, 0.29) is 34.8 Å². The van der Waals surface area contributed by atoms with E-state index >= 15 is 0 Å². The highest BCUT2D eigenvalue weighted by Gasteiger charge is 2.32. The molecule has 2 aromatic rings. The minimum absolute atomic E-state index is 0.0272. The van der Waals surface area contributed by atoms with Gasteiger partial charge in [0.15, 0.2) is 0 Å². The first-order chi connectivity index (χ1) is 17.0. The lowest BCUT2D eigenvalue weighted by Crippen LogP contribution is -2.52. The zero-order valence-electron chi connectivity index (χ0n) is 20.5. The molecule has 0 spiro atoms. The molecular weight excluding hydrogens is 509 g/mol. The van der Waals surface area contributed by atoms with E-state index in [0.717, 1.165) is 36.2 Å². The highest BCUT2D eigenvalue weighted by atomic mass is 35.5. The molecule has 1 saturated carbocycles. The number of benzene rings is 2. The fraction of sp³-hybridized carbons (Fsp3) is 0.440. The van der Waals surface area contributed by atoms with Crippen LogP contribution in [0.15, 0.2) is 42.5 Å². The molecule has 0 aromatic heterocycles. The third kappa shape index (κ3) is 6.88. The maximum Gasteiger partial charge on any atom is 0.244 e. The normalized spacial score (nSPS) is 14.8. The minimum Gasteiger partial charge on any atom is -0.495 e. The van der Waals surface area contributed by atoms with E-state index in [9.17, 15) is 22.4 Å². The molecule has 3 rings (SSSR count). The lowest BCUT2D eigenvalue weighted by molar-refractivity contribution is -0.139. The smallest absolute Gasteiger partial charge is 0.244 e. The Morgan fingerprint density at radius 3 is 2.44 bits per heavy atom. The molecule has 8 nitrogen and oxygen atoms in total. The average molecular weight is 540 g/mol. The molecule has 36 heavy (non-hydrogen) atoms. The van der Waals surface area contributed by atoms with Gasteiger partial charge in [0, 0.05) is 18.2 Å². The molecule has 2 amide bonds. The number of amides is 2. The molecule has 1 fully saturated rings. The van der Waals surface area contributed by atoms with Crippen LogP contribution < -0.4 is 14.4 Å². The van der Waals surface area contributed by atoms with Gasteiger partial charge in [-0.25, -0.2) is 12.8 Å². The van der Waals surface area contributed by atoms with E-state index in [1.807, 2.05) is 0 Å². The van der Waals surface area contributed by atoms with Gasteiger partial charge in [0.25, 0.3) is 0 Å². The van der Waals surface area contributed by atoms with Crippen LogP contribution in [0.3, 0.4) is 0 Å². The lowest BCUT2D eigenvalue weighted by Gasteiger charge is -2.32. The SMILES string of the molecule is COc1ccc(N(CC(=O)N(Cc2ccccc2F)C(C)C(=O)NC2CCCC2)S(C)(=O)=O)cc1Cl. The summed E-state index contributed by atoms with van der Waals surface area (Å²) in [5.41, 5.74) is 0.371. The Bertz CT molecular complexity index is 1200. The molecule has 11 heteroatoms. The van der Waals surface area contributed by atoms with Crippen molar-refractivity contribution < 1.29 is 27.1 Å². The third-order valence-electron chi connectivity index (χ3n) is 6.27. The summed E-state index contributed by atoms with van der Waals surface area (Å²) in [7, 11) is -2.49. The van der Waals surface area contributed by atoms with Crippen molar-refractivity contribution in [2.75, 3.05) is 24.2 Å².